The van der Waals surface area contributed by atoms with Gasteiger partial charge >= 0.3 is 0 Å². The minimum Gasteiger partial charge on any atom is -0.354 e. The molecule has 3 rings (SSSR count). The molecule has 15 heavy (non-hydrogen) atoms. The highest BCUT2D eigenvalue weighted by Crippen LogP contribution is 2.44. The van der Waals surface area contributed by atoms with Gasteiger partial charge in [0.15, 0.2) is 0 Å². The molecular formula is C12H8BrNS. The predicted octanol–water partition coefficient (Wildman–Crippen LogP) is 4.66. The average molecular weight is 278 g/mol. The third-order valence-corrected chi connectivity index (χ3v) is 3.95. The van der Waals surface area contributed by atoms with Gasteiger partial charge in [0, 0.05) is 14.3 Å². The van der Waals surface area contributed by atoms with Crippen molar-refractivity contribution >= 4 is 39.1 Å². The maximum absolute atomic E-state index is 3.49. The molecule has 0 bridgehead atoms. The Morgan fingerprint density at radius 2 is 1.73 bits per heavy atom. The fourth-order valence-electron chi connectivity index (χ4n) is 1.61. The lowest BCUT2D eigenvalue weighted by atomic mass is 10.2. The van der Waals surface area contributed by atoms with Gasteiger partial charge < -0.3 is 5.32 Å². The predicted molar refractivity (Wildman–Crippen MR) is 68.0 cm³/mol. The Labute approximate surface area is 101 Å². The van der Waals surface area contributed by atoms with Crippen molar-refractivity contribution in [2.45, 2.75) is 9.79 Å². The van der Waals surface area contributed by atoms with E-state index < -0.39 is 0 Å². The minimum atomic E-state index is 1.12. The zero-order chi connectivity index (χ0) is 10.3. The van der Waals surface area contributed by atoms with E-state index in [9.17, 15) is 0 Å². The van der Waals surface area contributed by atoms with E-state index in [1.165, 1.54) is 21.2 Å². The summed E-state index contributed by atoms with van der Waals surface area (Å²) in [6, 6.07) is 14.7. The molecule has 1 N–H and O–H groups in total. The molecule has 0 saturated carbocycles. The third-order valence-electron chi connectivity index (χ3n) is 2.32. The molecule has 0 aromatic heterocycles. The van der Waals surface area contributed by atoms with Gasteiger partial charge in [0.2, 0.25) is 0 Å². The van der Waals surface area contributed by atoms with Gasteiger partial charge in [0.25, 0.3) is 0 Å². The molecule has 2 aromatic rings. The summed E-state index contributed by atoms with van der Waals surface area (Å²) in [5.74, 6) is 0. The summed E-state index contributed by atoms with van der Waals surface area (Å²) >= 11 is 5.29. The Morgan fingerprint density at radius 3 is 2.67 bits per heavy atom. The molecule has 1 aliphatic rings. The first-order valence-corrected chi connectivity index (χ1v) is 6.27. The minimum absolute atomic E-state index is 1.12. The number of benzene rings is 2. The molecule has 0 aliphatic carbocycles. The van der Waals surface area contributed by atoms with Gasteiger partial charge in [0.1, 0.15) is 0 Å². The number of halogens is 1. The topological polar surface area (TPSA) is 12.0 Å². The molecule has 3 heteroatoms. The van der Waals surface area contributed by atoms with Gasteiger partial charge in [-0.15, -0.1) is 0 Å². The van der Waals surface area contributed by atoms with Crippen LogP contribution >= 0.6 is 27.7 Å². The number of nitrogens with one attached hydrogen (secondary N) is 1. The van der Waals surface area contributed by atoms with Crippen molar-refractivity contribution in [3.8, 4) is 0 Å². The van der Waals surface area contributed by atoms with E-state index in [2.05, 4.69) is 63.7 Å². The quantitative estimate of drug-likeness (QED) is 0.642. The Bertz CT molecular complexity index is 525. The van der Waals surface area contributed by atoms with E-state index in [0.29, 0.717) is 0 Å². The van der Waals surface area contributed by atoms with E-state index in [1.54, 1.807) is 11.8 Å². The summed E-state index contributed by atoms with van der Waals surface area (Å²) in [7, 11) is 0. The van der Waals surface area contributed by atoms with Crippen LogP contribution in [0.25, 0.3) is 0 Å². The number of fused-ring (bicyclic) bond motifs is 2. The van der Waals surface area contributed by atoms with Gasteiger partial charge in [-0.25, -0.2) is 0 Å². The first kappa shape index (κ1) is 9.31. The Hall–Kier alpha value is -0.930. The number of hydrogen-bond acceptors (Lipinski definition) is 2. The monoisotopic (exact) mass is 277 g/mol. The van der Waals surface area contributed by atoms with Gasteiger partial charge in [-0.05, 0) is 30.3 Å². The standard InChI is InChI=1S/C12H8BrNS/c13-8-5-6-10-12(7-8)15-11-4-2-1-3-9(11)14-10/h1-7,14H. The molecule has 2 aromatic carbocycles. The zero-order valence-corrected chi connectivity index (χ0v) is 10.2. The Morgan fingerprint density at radius 1 is 0.933 bits per heavy atom. The van der Waals surface area contributed by atoms with Crippen molar-refractivity contribution in [2.24, 2.45) is 0 Å². The highest BCUT2D eigenvalue weighted by atomic mass is 79.9. The Kier molecular flexibility index (Phi) is 2.22. The van der Waals surface area contributed by atoms with Gasteiger partial charge in [-0.2, -0.15) is 0 Å². The van der Waals surface area contributed by atoms with Crippen LogP contribution in [0, 0.1) is 0 Å². The second-order valence-corrected chi connectivity index (χ2v) is 5.36. The van der Waals surface area contributed by atoms with Crippen LogP contribution in [0.15, 0.2) is 56.7 Å². The van der Waals surface area contributed by atoms with Crippen molar-refractivity contribution < 1.29 is 0 Å². The molecule has 0 saturated heterocycles. The first-order chi connectivity index (χ1) is 7.33. The molecule has 0 radical (unpaired) electrons. The third kappa shape index (κ3) is 1.66. The lowest BCUT2D eigenvalue weighted by molar-refractivity contribution is 1.31. The van der Waals surface area contributed by atoms with Crippen LogP contribution in [0.1, 0.15) is 0 Å². The summed E-state index contributed by atoms with van der Waals surface area (Å²) in [4.78, 5) is 2.55. The molecule has 1 nitrogen and oxygen atoms in total. The molecule has 0 unspecified atom stereocenters. The largest absolute Gasteiger partial charge is 0.354 e. The lowest BCUT2D eigenvalue weighted by Gasteiger charge is -2.20. The van der Waals surface area contributed by atoms with Crippen LogP contribution < -0.4 is 5.32 Å². The molecule has 0 spiro atoms. The summed E-state index contributed by atoms with van der Waals surface area (Å²) in [6.07, 6.45) is 0. The average Bonchev–Trinajstić information content (AvgIpc) is 2.26. The van der Waals surface area contributed by atoms with Crippen molar-refractivity contribution in [3.63, 3.8) is 0 Å². The normalized spacial score (nSPS) is 12.6. The molecular weight excluding hydrogens is 270 g/mol. The fourth-order valence-corrected chi connectivity index (χ4v) is 3.15. The SMILES string of the molecule is Brc1ccc2c(c1)Sc1ccccc1N2. The highest BCUT2D eigenvalue weighted by molar-refractivity contribution is 9.10. The number of para-hydroxylation sites is 1. The second kappa shape index (κ2) is 3.58. The maximum atomic E-state index is 3.49. The highest BCUT2D eigenvalue weighted by Gasteiger charge is 2.14. The van der Waals surface area contributed by atoms with Crippen molar-refractivity contribution in [2.75, 3.05) is 5.32 Å². The Balaban J connectivity index is 2.11. The first-order valence-electron chi connectivity index (χ1n) is 4.66. The number of rotatable bonds is 0. The lowest BCUT2D eigenvalue weighted by Crippen LogP contribution is -1.98. The maximum Gasteiger partial charge on any atom is 0.0527 e. The van der Waals surface area contributed by atoms with Crippen molar-refractivity contribution in [1.29, 1.82) is 0 Å². The molecule has 1 aliphatic heterocycles. The van der Waals surface area contributed by atoms with Crippen LogP contribution in [0.2, 0.25) is 0 Å². The molecule has 0 fully saturated rings. The van der Waals surface area contributed by atoms with Crippen LogP contribution in [0.4, 0.5) is 11.4 Å². The summed E-state index contributed by atoms with van der Waals surface area (Å²) in [5, 5.41) is 3.43. The van der Waals surface area contributed by atoms with Crippen LogP contribution in [-0.4, -0.2) is 0 Å². The number of anilines is 2. The van der Waals surface area contributed by atoms with E-state index in [-0.39, 0.29) is 0 Å². The van der Waals surface area contributed by atoms with Crippen LogP contribution in [-0.2, 0) is 0 Å². The van der Waals surface area contributed by atoms with Crippen LogP contribution in [0.5, 0.6) is 0 Å². The van der Waals surface area contributed by atoms with Gasteiger partial charge in [-0.1, -0.05) is 39.8 Å². The van der Waals surface area contributed by atoms with E-state index in [1.807, 2.05) is 0 Å². The van der Waals surface area contributed by atoms with E-state index >= 15 is 0 Å². The summed E-state index contributed by atoms with van der Waals surface area (Å²) in [5.41, 5.74) is 2.37. The van der Waals surface area contributed by atoms with E-state index in [4.69, 9.17) is 0 Å². The van der Waals surface area contributed by atoms with E-state index in [0.717, 1.165) is 4.47 Å². The molecule has 0 amide bonds. The molecule has 74 valence electrons. The fraction of sp³-hybridized carbons (Fsp3) is 0. The van der Waals surface area contributed by atoms with Crippen molar-refractivity contribution in [3.05, 3.63) is 46.9 Å². The summed E-state index contributed by atoms with van der Waals surface area (Å²) in [6.45, 7) is 0. The smallest absolute Gasteiger partial charge is 0.0527 e. The van der Waals surface area contributed by atoms with Crippen LogP contribution in [0.3, 0.4) is 0 Å². The molecule has 1 heterocycles. The summed E-state index contributed by atoms with van der Waals surface area (Å²) < 4.78 is 1.12. The second-order valence-electron chi connectivity index (χ2n) is 3.36. The zero-order valence-electron chi connectivity index (χ0n) is 7.83. The van der Waals surface area contributed by atoms with Gasteiger partial charge in [-0.3, -0.25) is 0 Å². The van der Waals surface area contributed by atoms with Crippen molar-refractivity contribution in [1.82, 2.24) is 0 Å². The molecule has 0 atom stereocenters. The van der Waals surface area contributed by atoms with Gasteiger partial charge in [0.05, 0.1) is 11.4 Å². The number of hydrogen-bond donors (Lipinski definition) is 1.